The lowest BCUT2D eigenvalue weighted by Gasteiger charge is -2.32. The van der Waals surface area contributed by atoms with Gasteiger partial charge < -0.3 is 13.7 Å². The number of aromatic nitrogens is 1. The molecule has 1 aliphatic heterocycles. The minimum atomic E-state index is -0.429. The molecule has 4 nitrogen and oxygen atoms in total. The number of hydrogen-bond acceptors (Lipinski definition) is 4. The van der Waals surface area contributed by atoms with Crippen LogP contribution in [0.5, 0.6) is 0 Å². The molecule has 3 heterocycles. The highest BCUT2D eigenvalue weighted by molar-refractivity contribution is 6.62. The third kappa shape index (κ3) is 4.50. The molecule has 0 radical (unpaired) electrons. The largest absolute Gasteiger partial charge is 0.494 e. The van der Waals surface area contributed by atoms with Crippen LogP contribution in [-0.4, -0.2) is 23.3 Å². The van der Waals surface area contributed by atoms with Gasteiger partial charge in [0.15, 0.2) is 0 Å². The molecule has 0 amide bonds. The first kappa shape index (κ1) is 29.0. The Morgan fingerprint density at radius 1 is 0.500 bits per heavy atom. The van der Waals surface area contributed by atoms with Crippen molar-refractivity contribution in [3.05, 3.63) is 133 Å². The van der Waals surface area contributed by atoms with Gasteiger partial charge in [0.2, 0.25) is 0 Å². The predicted octanol–water partition coefficient (Wildman–Crippen LogP) is 10.6. The molecule has 0 bridgehead atoms. The summed E-state index contributed by atoms with van der Waals surface area (Å²) in [6.45, 7) is 8.35. The molecule has 232 valence electrons. The van der Waals surface area contributed by atoms with Crippen LogP contribution in [-0.2, 0) is 9.31 Å². The van der Waals surface area contributed by atoms with E-state index in [1.807, 2.05) is 18.2 Å². The molecular formula is C43H34BNO3. The molecule has 5 heteroatoms. The van der Waals surface area contributed by atoms with Gasteiger partial charge in [-0.3, -0.25) is 0 Å². The third-order valence-electron chi connectivity index (χ3n) is 10.3. The lowest BCUT2D eigenvalue weighted by molar-refractivity contribution is 0.00578. The lowest BCUT2D eigenvalue weighted by Crippen LogP contribution is -2.41. The van der Waals surface area contributed by atoms with E-state index in [0.717, 1.165) is 71.5 Å². The quantitative estimate of drug-likeness (QED) is 0.145. The van der Waals surface area contributed by atoms with Crippen molar-refractivity contribution in [1.82, 2.24) is 4.98 Å². The van der Waals surface area contributed by atoms with E-state index >= 15 is 0 Å². The third-order valence-corrected chi connectivity index (χ3v) is 10.3. The molecule has 48 heavy (non-hydrogen) atoms. The van der Waals surface area contributed by atoms with Crippen molar-refractivity contribution < 1.29 is 13.7 Å². The van der Waals surface area contributed by atoms with Gasteiger partial charge in [-0.1, -0.05) is 115 Å². The smallest absolute Gasteiger partial charge is 0.456 e. The van der Waals surface area contributed by atoms with Crippen LogP contribution in [0.3, 0.4) is 0 Å². The topological polar surface area (TPSA) is 44.5 Å². The van der Waals surface area contributed by atoms with Gasteiger partial charge in [0.05, 0.1) is 22.4 Å². The highest BCUT2D eigenvalue weighted by Crippen LogP contribution is 2.46. The van der Waals surface area contributed by atoms with Crippen molar-refractivity contribution in [3.8, 4) is 33.5 Å². The fraction of sp³-hybridized carbons (Fsp3) is 0.140. The molecule has 0 spiro atoms. The Hall–Kier alpha value is -5.23. The molecule has 9 rings (SSSR count). The highest BCUT2D eigenvalue weighted by Gasteiger charge is 2.51. The Morgan fingerprint density at radius 2 is 1.08 bits per heavy atom. The molecule has 6 aromatic carbocycles. The van der Waals surface area contributed by atoms with Crippen LogP contribution in [0.15, 0.2) is 138 Å². The minimum Gasteiger partial charge on any atom is -0.456 e. The first-order chi connectivity index (χ1) is 23.3. The van der Waals surface area contributed by atoms with Crippen molar-refractivity contribution in [3.63, 3.8) is 0 Å². The predicted molar refractivity (Wildman–Crippen MR) is 199 cm³/mol. The van der Waals surface area contributed by atoms with Crippen LogP contribution < -0.4 is 5.46 Å². The summed E-state index contributed by atoms with van der Waals surface area (Å²) in [5.41, 5.74) is 9.42. The Kier molecular flexibility index (Phi) is 6.42. The molecule has 1 saturated heterocycles. The van der Waals surface area contributed by atoms with Crippen molar-refractivity contribution in [2.45, 2.75) is 38.9 Å². The number of nitrogens with zero attached hydrogens (tertiary/aromatic N) is 1. The summed E-state index contributed by atoms with van der Waals surface area (Å²) in [6, 6.07) is 46.8. The van der Waals surface area contributed by atoms with Gasteiger partial charge in [0.25, 0.3) is 0 Å². The molecule has 2 aromatic heterocycles. The fourth-order valence-electron chi connectivity index (χ4n) is 7.06. The summed E-state index contributed by atoms with van der Waals surface area (Å²) < 4.78 is 19.4. The van der Waals surface area contributed by atoms with Crippen molar-refractivity contribution in [2.75, 3.05) is 0 Å². The molecular weight excluding hydrogens is 589 g/mol. The van der Waals surface area contributed by atoms with E-state index in [4.69, 9.17) is 18.7 Å². The van der Waals surface area contributed by atoms with Gasteiger partial charge in [-0.05, 0) is 68.0 Å². The van der Waals surface area contributed by atoms with Gasteiger partial charge >= 0.3 is 7.12 Å². The second-order valence-corrected chi connectivity index (χ2v) is 13.8. The van der Waals surface area contributed by atoms with Crippen LogP contribution in [0.25, 0.3) is 77.1 Å². The van der Waals surface area contributed by atoms with Crippen LogP contribution in [0.2, 0.25) is 0 Å². The van der Waals surface area contributed by atoms with Crippen molar-refractivity contribution >= 4 is 56.2 Å². The average Bonchev–Trinajstić information content (AvgIpc) is 3.59. The van der Waals surface area contributed by atoms with E-state index in [1.165, 1.54) is 11.1 Å². The SMILES string of the molecule is CC1(C)OB(c2ccc(-c3c4c(cc5c(-c6ccc(-c7ccccc7)cc6)nc6ccccc6c35)oc3ccccc34)cc2)OC1(C)C. The Labute approximate surface area is 280 Å². The number of fused-ring (bicyclic) bond motifs is 6. The van der Waals surface area contributed by atoms with E-state index < -0.39 is 18.3 Å². The van der Waals surface area contributed by atoms with Gasteiger partial charge in [0, 0.05) is 38.1 Å². The molecule has 0 unspecified atom stereocenters. The van der Waals surface area contributed by atoms with Crippen LogP contribution in [0.4, 0.5) is 0 Å². The summed E-state index contributed by atoms with van der Waals surface area (Å²) in [7, 11) is -0.429. The molecule has 0 N–H and O–H groups in total. The molecule has 0 aliphatic carbocycles. The number of rotatable bonds is 4. The van der Waals surface area contributed by atoms with Gasteiger partial charge in [-0.25, -0.2) is 4.98 Å². The second kappa shape index (κ2) is 10.6. The number of benzene rings is 6. The zero-order chi connectivity index (χ0) is 32.6. The van der Waals surface area contributed by atoms with Crippen LogP contribution in [0, 0.1) is 0 Å². The van der Waals surface area contributed by atoms with Gasteiger partial charge in [0.1, 0.15) is 11.2 Å². The summed E-state index contributed by atoms with van der Waals surface area (Å²) in [5, 5.41) is 5.51. The number of pyridine rings is 1. The second-order valence-electron chi connectivity index (χ2n) is 13.8. The first-order valence-corrected chi connectivity index (χ1v) is 16.6. The summed E-state index contributed by atoms with van der Waals surface area (Å²) in [4.78, 5) is 5.29. The average molecular weight is 624 g/mol. The Balaban J connectivity index is 1.30. The summed E-state index contributed by atoms with van der Waals surface area (Å²) in [5.74, 6) is 0. The van der Waals surface area contributed by atoms with E-state index in [2.05, 4.69) is 143 Å². The summed E-state index contributed by atoms with van der Waals surface area (Å²) in [6.07, 6.45) is 0. The highest BCUT2D eigenvalue weighted by atomic mass is 16.7. The monoisotopic (exact) mass is 623 g/mol. The fourth-order valence-corrected chi connectivity index (χ4v) is 7.06. The normalized spacial score (nSPS) is 15.6. The zero-order valence-electron chi connectivity index (χ0n) is 27.5. The van der Waals surface area contributed by atoms with Gasteiger partial charge in [-0.2, -0.15) is 0 Å². The van der Waals surface area contributed by atoms with E-state index in [9.17, 15) is 0 Å². The standard InChI is InChI=1S/C43H34BNO3/c1-42(2)43(3,4)48-44(47-42)31-24-22-29(23-25-31)38-39-32-14-8-10-16-35(32)45-41(30-20-18-28(19-21-30)27-12-6-5-7-13-27)34(39)26-37-40(38)33-15-9-11-17-36(33)46-37/h5-26H,1-4H3. The molecule has 0 atom stereocenters. The number of para-hydroxylation sites is 2. The molecule has 1 aliphatic rings. The van der Waals surface area contributed by atoms with Crippen molar-refractivity contribution in [1.29, 1.82) is 0 Å². The van der Waals surface area contributed by atoms with E-state index in [0.29, 0.717) is 0 Å². The first-order valence-electron chi connectivity index (χ1n) is 16.6. The van der Waals surface area contributed by atoms with E-state index in [-0.39, 0.29) is 0 Å². The summed E-state index contributed by atoms with van der Waals surface area (Å²) >= 11 is 0. The van der Waals surface area contributed by atoms with Crippen LogP contribution in [0.1, 0.15) is 27.7 Å². The zero-order valence-corrected chi connectivity index (χ0v) is 27.5. The molecule has 0 saturated carbocycles. The minimum absolute atomic E-state index is 0.407. The maximum Gasteiger partial charge on any atom is 0.494 e. The maximum atomic E-state index is 6.59. The van der Waals surface area contributed by atoms with E-state index in [1.54, 1.807) is 0 Å². The van der Waals surface area contributed by atoms with Gasteiger partial charge in [-0.15, -0.1) is 0 Å². The van der Waals surface area contributed by atoms with Crippen molar-refractivity contribution in [2.24, 2.45) is 0 Å². The lowest BCUT2D eigenvalue weighted by atomic mass is 9.78. The molecule has 1 fully saturated rings. The Morgan fingerprint density at radius 3 is 1.81 bits per heavy atom. The number of hydrogen-bond donors (Lipinski definition) is 0. The Bertz CT molecular complexity index is 2480. The van der Waals surface area contributed by atoms with Crippen LogP contribution >= 0.6 is 0 Å². The molecule has 8 aromatic rings. The number of furan rings is 1. The maximum absolute atomic E-state index is 6.59.